The summed E-state index contributed by atoms with van der Waals surface area (Å²) in [6.07, 6.45) is 0.943. The second-order valence-electron chi connectivity index (χ2n) is 4.21. The van der Waals surface area contributed by atoms with Gasteiger partial charge in [0.1, 0.15) is 11.6 Å². The molecule has 0 aliphatic heterocycles. The minimum absolute atomic E-state index is 0.0688. The fraction of sp³-hybridized carbons (Fsp3) is 0.286. The van der Waals surface area contributed by atoms with Gasteiger partial charge >= 0.3 is 0 Å². The minimum Gasteiger partial charge on any atom is -0.508 e. The molecule has 1 heterocycles. The number of hydrogen-bond acceptors (Lipinski definition) is 3. The summed E-state index contributed by atoms with van der Waals surface area (Å²) in [4.78, 5) is 1.32. The average molecular weight is 265 g/mol. The van der Waals surface area contributed by atoms with Crippen molar-refractivity contribution in [2.24, 2.45) is 0 Å². The maximum atomic E-state index is 13.1. The highest BCUT2D eigenvalue weighted by Gasteiger charge is 2.10. The fourth-order valence-electron chi connectivity index (χ4n) is 1.85. The first-order valence-corrected chi connectivity index (χ1v) is 6.79. The summed E-state index contributed by atoms with van der Waals surface area (Å²) in [5.41, 5.74) is 0.598. The summed E-state index contributed by atoms with van der Waals surface area (Å²) in [6.45, 7) is 2.72. The zero-order valence-corrected chi connectivity index (χ0v) is 11.0. The van der Waals surface area contributed by atoms with E-state index in [1.165, 1.54) is 23.1 Å². The third kappa shape index (κ3) is 3.31. The smallest absolute Gasteiger partial charge is 0.123 e. The van der Waals surface area contributed by atoms with Crippen LogP contribution in [0.5, 0.6) is 5.75 Å². The van der Waals surface area contributed by atoms with Gasteiger partial charge in [0.05, 0.1) is 0 Å². The number of phenols is 1. The van der Waals surface area contributed by atoms with E-state index in [4.69, 9.17) is 0 Å². The van der Waals surface area contributed by atoms with Crippen molar-refractivity contribution in [1.29, 1.82) is 0 Å². The van der Waals surface area contributed by atoms with Crippen LogP contribution in [0.3, 0.4) is 0 Å². The Kier molecular flexibility index (Phi) is 4.33. The standard InChI is InChI=1S/C14H16FNOS/c1-10(13-9-11(15)4-5-14(13)17)16-7-6-12-3-2-8-18-12/h2-5,8-10,16-17H,6-7H2,1H3. The molecule has 2 aromatic rings. The molecule has 0 amide bonds. The number of phenolic OH excluding ortho intramolecular Hbond substituents is 1. The van der Waals surface area contributed by atoms with Crippen molar-refractivity contribution in [2.75, 3.05) is 6.54 Å². The lowest BCUT2D eigenvalue weighted by molar-refractivity contribution is 0.450. The van der Waals surface area contributed by atoms with Gasteiger partial charge in [-0.25, -0.2) is 4.39 Å². The molecule has 1 atom stereocenters. The molecule has 2 rings (SSSR count). The Morgan fingerprint density at radius 3 is 2.94 bits per heavy atom. The van der Waals surface area contributed by atoms with Crippen LogP contribution in [-0.2, 0) is 6.42 Å². The van der Waals surface area contributed by atoms with E-state index < -0.39 is 0 Å². The lowest BCUT2D eigenvalue weighted by Gasteiger charge is -2.15. The molecular weight excluding hydrogens is 249 g/mol. The summed E-state index contributed by atoms with van der Waals surface area (Å²) in [5.74, 6) is -0.192. The van der Waals surface area contributed by atoms with Crippen molar-refractivity contribution in [2.45, 2.75) is 19.4 Å². The van der Waals surface area contributed by atoms with E-state index in [-0.39, 0.29) is 17.6 Å². The van der Waals surface area contributed by atoms with E-state index in [9.17, 15) is 9.50 Å². The lowest BCUT2D eigenvalue weighted by Crippen LogP contribution is -2.21. The summed E-state index contributed by atoms with van der Waals surface area (Å²) in [6, 6.07) is 8.08. The molecule has 0 aliphatic carbocycles. The molecule has 2 N–H and O–H groups in total. The van der Waals surface area contributed by atoms with Gasteiger partial charge in [-0.15, -0.1) is 11.3 Å². The molecule has 96 valence electrons. The molecule has 1 unspecified atom stereocenters. The van der Waals surface area contributed by atoms with Crippen LogP contribution < -0.4 is 5.32 Å². The van der Waals surface area contributed by atoms with Gasteiger partial charge < -0.3 is 10.4 Å². The van der Waals surface area contributed by atoms with Gasteiger partial charge in [0, 0.05) is 23.0 Å². The van der Waals surface area contributed by atoms with E-state index in [1.54, 1.807) is 11.3 Å². The second-order valence-corrected chi connectivity index (χ2v) is 5.24. The quantitative estimate of drug-likeness (QED) is 0.867. The van der Waals surface area contributed by atoms with Crippen molar-refractivity contribution in [3.63, 3.8) is 0 Å². The van der Waals surface area contributed by atoms with Gasteiger partial charge in [-0.05, 0) is 43.0 Å². The van der Waals surface area contributed by atoms with Gasteiger partial charge in [0.15, 0.2) is 0 Å². The first-order valence-electron chi connectivity index (χ1n) is 5.91. The van der Waals surface area contributed by atoms with E-state index in [0.29, 0.717) is 5.56 Å². The zero-order chi connectivity index (χ0) is 13.0. The highest BCUT2D eigenvalue weighted by molar-refractivity contribution is 7.09. The second kappa shape index (κ2) is 5.98. The van der Waals surface area contributed by atoms with Crippen molar-refractivity contribution in [1.82, 2.24) is 5.32 Å². The normalized spacial score (nSPS) is 12.6. The van der Waals surface area contributed by atoms with Crippen molar-refractivity contribution in [3.8, 4) is 5.75 Å². The van der Waals surface area contributed by atoms with Crippen LogP contribution in [0.25, 0.3) is 0 Å². The molecule has 4 heteroatoms. The molecule has 0 spiro atoms. The molecule has 0 bridgehead atoms. The maximum Gasteiger partial charge on any atom is 0.123 e. The molecule has 0 saturated heterocycles. The Morgan fingerprint density at radius 1 is 1.39 bits per heavy atom. The largest absolute Gasteiger partial charge is 0.508 e. The van der Waals surface area contributed by atoms with E-state index in [1.807, 2.05) is 13.0 Å². The third-order valence-electron chi connectivity index (χ3n) is 2.86. The molecule has 18 heavy (non-hydrogen) atoms. The number of hydrogen-bond donors (Lipinski definition) is 2. The number of aromatic hydroxyl groups is 1. The van der Waals surface area contributed by atoms with Gasteiger partial charge in [-0.3, -0.25) is 0 Å². The highest BCUT2D eigenvalue weighted by atomic mass is 32.1. The van der Waals surface area contributed by atoms with Crippen LogP contribution in [0.1, 0.15) is 23.4 Å². The summed E-state index contributed by atoms with van der Waals surface area (Å²) in [7, 11) is 0. The topological polar surface area (TPSA) is 32.3 Å². The van der Waals surface area contributed by atoms with Crippen LogP contribution in [0.15, 0.2) is 35.7 Å². The predicted octanol–water partition coefficient (Wildman–Crippen LogP) is 3.49. The summed E-state index contributed by atoms with van der Waals surface area (Å²) in [5, 5.41) is 15.0. The zero-order valence-electron chi connectivity index (χ0n) is 10.2. The monoisotopic (exact) mass is 265 g/mol. The number of rotatable bonds is 5. The Bertz CT molecular complexity index is 499. The molecule has 1 aromatic heterocycles. The minimum atomic E-state index is -0.324. The molecule has 0 radical (unpaired) electrons. The van der Waals surface area contributed by atoms with E-state index >= 15 is 0 Å². The number of thiophene rings is 1. The van der Waals surface area contributed by atoms with Crippen molar-refractivity contribution < 1.29 is 9.50 Å². The molecule has 0 fully saturated rings. The van der Waals surface area contributed by atoms with Gasteiger partial charge in [-0.1, -0.05) is 6.07 Å². The van der Waals surface area contributed by atoms with Crippen LogP contribution >= 0.6 is 11.3 Å². The number of nitrogens with one attached hydrogen (secondary N) is 1. The molecule has 0 saturated carbocycles. The van der Waals surface area contributed by atoms with E-state index in [0.717, 1.165) is 13.0 Å². The summed E-state index contributed by atoms with van der Waals surface area (Å²) < 4.78 is 13.1. The van der Waals surface area contributed by atoms with Crippen molar-refractivity contribution >= 4 is 11.3 Å². The van der Waals surface area contributed by atoms with Crippen LogP contribution in [0, 0.1) is 5.82 Å². The molecule has 0 aliphatic rings. The molecule has 2 nitrogen and oxygen atoms in total. The highest BCUT2D eigenvalue weighted by Crippen LogP contribution is 2.24. The van der Waals surface area contributed by atoms with Gasteiger partial charge in [-0.2, -0.15) is 0 Å². The summed E-state index contributed by atoms with van der Waals surface area (Å²) >= 11 is 1.73. The maximum absolute atomic E-state index is 13.1. The van der Waals surface area contributed by atoms with Gasteiger partial charge in [0.2, 0.25) is 0 Å². The van der Waals surface area contributed by atoms with Crippen LogP contribution in [0.2, 0.25) is 0 Å². The predicted molar refractivity (Wildman–Crippen MR) is 72.5 cm³/mol. The third-order valence-corrected chi connectivity index (χ3v) is 3.79. The molecule has 1 aromatic carbocycles. The fourth-order valence-corrected chi connectivity index (χ4v) is 2.56. The van der Waals surface area contributed by atoms with E-state index in [2.05, 4.69) is 16.8 Å². The Hall–Kier alpha value is -1.39. The van der Waals surface area contributed by atoms with Crippen molar-refractivity contribution in [3.05, 3.63) is 52.0 Å². The Morgan fingerprint density at radius 2 is 2.22 bits per heavy atom. The molecular formula is C14H16FNOS. The number of benzene rings is 1. The Balaban J connectivity index is 1.91. The van der Waals surface area contributed by atoms with Crippen LogP contribution in [0.4, 0.5) is 4.39 Å². The van der Waals surface area contributed by atoms with Crippen LogP contribution in [-0.4, -0.2) is 11.7 Å². The SMILES string of the molecule is CC(NCCc1cccs1)c1cc(F)ccc1O. The number of halogens is 1. The average Bonchev–Trinajstić information content (AvgIpc) is 2.85. The first kappa shape index (κ1) is 13.1. The van der Waals surface area contributed by atoms with Gasteiger partial charge in [0.25, 0.3) is 0 Å². The lowest BCUT2D eigenvalue weighted by atomic mass is 10.1. The Labute approximate surface area is 110 Å². The first-order chi connectivity index (χ1) is 8.66.